The molecule has 0 bridgehead atoms. The van der Waals surface area contributed by atoms with E-state index < -0.39 is 0 Å². The Labute approximate surface area is 178 Å². The quantitative estimate of drug-likeness (QED) is 0.531. The van der Waals surface area contributed by atoms with Gasteiger partial charge in [-0.05, 0) is 39.1 Å². The fourth-order valence-electron chi connectivity index (χ4n) is 3.30. The van der Waals surface area contributed by atoms with Crippen LogP contribution < -0.4 is 10.3 Å². The minimum Gasteiger partial charge on any atom is -0.476 e. The fraction of sp³-hybridized carbons (Fsp3) is 0.375. The third kappa shape index (κ3) is 5.13. The molecule has 2 aromatic heterocycles. The van der Waals surface area contributed by atoms with Gasteiger partial charge in [-0.3, -0.25) is 4.79 Å². The van der Waals surface area contributed by atoms with Crippen molar-refractivity contribution in [2.75, 3.05) is 26.2 Å². The van der Waals surface area contributed by atoms with Gasteiger partial charge in [0, 0.05) is 29.8 Å². The fourth-order valence-corrected chi connectivity index (χ4v) is 3.30. The Morgan fingerprint density at radius 3 is 2.40 bits per heavy atom. The van der Waals surface area contributed by atoms with Crippen LogP contribution in [0.25, 0.3) is 22.5 Å². The van der Waals surface area contributed by atoms with Crippen molar-refractivity contribution in [1.29, 1.82) is 0 Å². The zero-order valence-electron chi connectivity index (χ0n) is 18.2. The molecule has 6 nitrogen and oxygen atoms in total. The summed E-state index contributed by atoms with van der Waals surface area (Å²) in [5.74, 6) is 0.585. The van der Waals surface area contributed by atoms with Crippen LogP contribution in [0, 0.1) is 0 Å². The van der Waals surface area contributed by atoms with Gasteiger partial charge in [-0.2, -0.15) is 5.10 Å². The molecule has 6 heteroatoms. The standard InChI is InChI=1S/C24H30N4O2/c1-5-27(6-2)16-17-30-22-14-12-20(24(25-22)19-10-8-7-9-11-19)21-13-15-23(29)28(26-21)18(3)4/h7-15,18H,5-6,16-17H2,1-4H3. The molecule has 0 aliphatic heterocycles. The predicted molar refractivity (Wildman–Crippen MR) is 121 cm³/mol. The van der Waals surface area contributed by atoms with Gasteiger partial charge in [0.05, 0.1) is 17.4 Å². The summed E-state index contributed by atoms with van der Waals surface area (Å²) in [4.78, 5) is 19.2. The van der Waals surface area contributed by atoms with Crippen molar-refractivity contribution in [3.05, 3.63) is 65.0 Å². The second kappa shape index (κ2) is 10.2. The molecule has 0 unspecified atom stereocenters. The number of nitrogens with zero attached hydrogens (tertiary/aromatic N) is 4. The molecule has 0 saturated carbocycles. The zero-order valence-corrected chi connectivity index (χ0v) is 18.2. The Kier molecular flexibility index (Phi) is 7.36. The van der Waals surface area contributed by atoms with Gasteiger partial charge in [0.25, 0.3) is 5.56 Å². The first-order valence-corrected chi connectivity index (χ1v) is 10.5. The average molecular weight is 407 g/mol. The maximum Gasteiger partial charge on any atom is 0.267 e. The van der Waals surface area contributed by atoms with Crippen LogP contribution in [-0.4, -0.2) is 45.9 Å². The van der Waals surface area contributed by atoms with Gasteiger partial charge in [0.1, 0.15) is 6.61 Å². The van der Waals surface area contributed by atoms with Crippen LogP contribution in [0.4, 0.5) is 0 Å². The Balaban J connectivity index is 1.98. The van der Waals surface area contributed by atoms with Gasteiger partial charge in [0.2, 0.25) is 5.88 Å². The van der Waals surface area contributed by atoms with E-state index in [1.165, 1.54) is 4.68 Å². The summed E-state index contributed by atoms with van der Waals surface area (Å²) in [6.07, 6.45) is 0. The number of aromatic nitrogens is 3. The lowest BCUT2D eigenvalue weighted by atomic mass is 10.0. The van der Waals surface area contributed by atoms with E-state index in [-0.39, 0.29) is 11.6 Å². The molecule has 3 rings (SSSR count). The van der Waals surface area contributed by atoms with Crippen LogP contribution >= 0.6 is 0 Å². The van der Waals surface area contributed by atoms with Crippen molar-refractivity contribution < 1.29 is 4.74 Å². The summed E-state index contributed by atoms with van der Waals surface area (Å²) in [7, 11) is 0. The topological polar surface area (TPSA) is 60.2 Å². The SMILES string of the molecule is CCN(CC)CCOc1ccc(-c2ccc(=O)n(C(C)C)n2)c(-c2ccccc2)n1. The molecule has 0 aliphatic carbocycles. The second-order valence-corrected chi connectivity index (χ2v) is 7.38. The molecule has 0 N–H and O–H groups in total. The molecule has 0 amide bonds. The number of pyridine rings is 1. The molecule has 1 aromatic carbocycles. The van der Waals surface area contributed by atoms with E-state index in [4.69, 9.17) is 9.72 Å². The van der Waals surface area contributed by atoms with Crippen molar-refractivity contribution >= 4 is 0 Å². The van der Waals surface area contributed by atoms with E-state index in [1.54, 1.807) is 12.1 Å². The molecule has 0 radical (unpaired) electrons. The van der Waals surface area contributed by atoms with E-state index in [1.807, 2.05) is 56.3 Å². The minimum absolute atomic E-state index is 0.0201. The number of likely N-dealkylation sites (N-methyl/N-ethyl adjacent to an activating group) is 1. The number of rotatable bonds is 9. The van der Waals surface area contributed by atoms with Crippen LogP contribution in [0.5, 0.6) is 5.88 Å². The lowest BCUT2D eigenvalue weighted by Crippen LogP contribution is -2.28. The number of hydrogen-bond acceptors (Lipinski definition) is 5. The van der Waals surface area contributed by atoms with Gasteiger partial charge >= 0.3 is 0 Å². The van der Waals surface area contributed by atoms with Crippen LogP contribution in [0.1, 0.15) is 33.7 Å². The largest absolute Gasteiger partial charge is 0.476 e. The minimum atomic E-state index is -0.112. The molecule has 3 aromatic rings. The van der Waals surface area contributed by atoms with Gasteiger partial charge in [-0.1, -0.05) is 44.2 Å². The van der Waals surface area contributed by atoms with E-state index in [0.29, 0.717) is 18.2 Å². The third-order valence-electron chi connectivity index (χ3n) is 5.06. The Bertz CT molecular complexity index is 1010. The van der Waals surface area contributed by atoms with Gasteiger partial charge in [-0.15, -0.1) is 0 Å². The molecular weight excluding hydrogens is 376 g/mol. The summed E-state index contributed by atoms with van der Waals surface area (Å²) in [6.45, 7) is 11.6. The Morgan fingerprint density at radius 1 is 1.00 bits per heavy atom. The summed E-state index contributed by atoms with van der Waals surface area (Å²) >= 11 is 0. The van der Waals surface area contributed by atoms with Crippen LogP contribution in [0.15, 0.2) is 59.4 Å². The van der Waals surface area contributed by atoms with E-state index in [9.17, 15) is 4.79 Å². The highest BCUT2D eigenvalue weighted by Crippen LogP contribution is 2.31. The third-order valence-corrected chi connectivity index (χ3v) is 5.06. The lowest BCUT2D eigenvalue weighted by molar-refractivity contribution is 0.218. The summed E-state index contributed by atoms with van der Waals surface area (Å²) < 4.78 is 7.44. The van der Waals surface area contributed by atoms with Crippen molar-refractivity contribution in [2.24, 2.45) is 0 Å². The first-order valence-electron chi connectivity index (χ1n) is 10.5. The Hall–Kier alpha value is -2.99. The lowest BCUT2D eigenvalue weighted by Gasteiger charge is -2.18. The van der Waals surface area contributed by atoms with Crippen molar-refractivity contribution in [1.82, 2.24) is 19.7 Å². The van der Waals surface area contributed by atoms with Crippen LogP contribution in [-0.2, 0) is 0 Å². The normalized spacial score (nSPS) is 11.3. The summed E-state index contributed by atoms with van der Waals surface area (Å²) in [6, 6.07) is 17.1. The van der Waals surface area contributed by atoms with Crippen molar-refractivity contribution in [3.63, 3.8) is 0 Å². The van der Waals surface area contributed by atoms with E-state index in [2.05, 4.69) is 23.8 Å². The summed E-state index contributed by atoms with van der Waals surface area (Å²) in [5, 5.41) is 4.58. The average Bonchev–Trinajstić information content (AvgIpc) is 2.77. The van der Waals surface area contributed by atoms with Crippen molar-refractivity contribution in [3.8, 4) is 28.4 Å². The number of hydrogen-bond donors (Lipinski definition) is 0. The molecular formula is C24H30N4O2. The number of ether oxygens (including phenoxy) is 1. The number of benzene rings is 1. The first kappa shape index (κ1) is 21.7. The van der Waals surface area contributed by atoms with Crippen LogP contribution in [0.3, 0.4) is 0 Å². The molecule has 0 saturated heterocycles. The Morgan fingerprint density at radius 2 is 1.73 bits per heavy atom. The van der Waals surface area contributed by atoms with E-state index in [0.717, 1.165) is 36.5 Å². The molecule has 2 heterocycles. The van der Waals surface area contributed by atoms with Crippen molar-refractivity contribution in [2.45, 2.75) is 33.7 Å². The molecule has 0 aliphatic rings. The highest BCUT2D eigenvalue weighted by molar-refractivity contribution is 5.79. The maximum absolute atomic E-state index is 12.1. The second-order valence-electron chi connectivity index (χ2n) is 7.38. The smallest absolute Gasteiger partial charge is 0.267 e. The van der Waals surface area contributed by atoms with Gasteiger partial charge < -0.3 is 9.64 Å². The first-order chi connectivity index (χ1) is 14.5. The monoisotopic (exact) mass is 406 g/mol. The molecule has 0 atom stereocenters. The van der Waals surface area contributed by atoms with Crippen LogP contribution in [0.2, 0.25) is 0 Å². The van der Waals surface area contributed by atoms with Gasteiger partial charge in [-0.25, -0.2) is 9.67 Å². The highest BCUT2D eigenvalue weighted by Gasteiger charge is 2.14. The molecule has 0 spiro atoms. The van der Waals surface area contributed by atoms with Gasteiger partial charge in [0.15, 0.2) is 0 Å². The summed E-state index contributed by atoms with van der Waals surface area (Å²) in [5.41, 5.74) is 3.23. The predicted octanol–water partition coefficient (Wildman–Crippen LogP) is 4.27. The highest BCUT2D eigenvalue weighted by atomic mass is 16.5. The van der Waals surface area contributed by atoms with E-state index >= 15 is 0 Å². The zero-order chi connectivity index (χ0) is 21.5. The maximum atomic E-state index is 12.1. The molecule has 158 valence electrons. The molecule has 0 fully saturated rings. The molecule has 30 heavy (non-hydrogen) atoms.